The van der Waals surface area contributed by atoms with Crippen LogP contribution in [-0.4, -0.2) is 113 Å². The van der Waals surface area contributed by atoms with E-state index < -0.39 is 26.3 Å². The normalized spacial score (nSPS) is 12.0. The van der Waals surface area contributed by atoms with E-state index in [-0.39, 0.29) is 28.0 Å². The highest BCUT2D eigenvalue weighted by Gasteiger charge is 2.37. The Bertz CT molecular complexity index is 1440. The minimum absolute atomic E-state index is 0.193. The number of hydrogen-bond donors (Lipinski definition) is 1. The van der Waals surface area contributed by atoms with Crippen LogP contribution in [0.1, 0.15) is 76.1 Å². The van der Waals surface area contributed by atoms with E-state index in [1.807, 2.05) is 56.5 Å². The summed E-state index contributed by atoms with van der Waals surface area (Å²) in [6.45, 7) is 20.3. The van der Waals surface area contributed by atoms with Crippen molar-refractivity contribution in [2.75, 3.05) is 59.2 Å². The lowest BCUT2D eigenvalue weighted by atomic mass is 9.91. The summed E-state index contributed by atoms with van der Waals surface area (Å²) in [5, 5.41) is 0. The predicted octanol–water partition coefficient (Wildman–Crippen LogP) is 3.71. The Morgan fingerprint density at radius 3 is 1.39 bits per heavy atom. The van der Waals surface area contributed by atoms with Crippen molar-refractivity contribution in [2.45, 2.75) is 76.3 Å². The second-order valence-corrected chi connectivity index (χ2v) is 16.8. The molecule has 2 aromatic rings. The van der Waals surface area contributed by atoms with Gasteiger partial charge in [0.15, 0.2) is 16.2 Å². The Morgan fingerprint density at radius 1 is 0.755 bits per heavy atom. The number of nitrogens with zero attached hydrogens (tertiary/aromatic N) is 1. The lowest BCUT2D eigenvalue weighted by molar-refractivity contribution is -0.934. The van der Waals surface area contributed by atoms with Crippen molar-refractivity contribution in [1.82, 2.24) is 4.90 Å². The van der Waals surface area contributed by atoms with Crippen LogP contribution in [0, 0.1) is 0 Å². The fraction of sp³-hybridized carbons (Fsp3) is 0.576. The molecule has 0 radical (unpaired) electrons. The van der Waals surface area contributed by atoms with Crippen LogP contribution >= 0.6 is 11.8 Å². The summed E-state index contributed by atoms with van der Waals surface area (Å²) in [7, 11) is -6.96. The van der Waals surface area contributed by atoms with E-state index >= 15 is 0 Å². The Labute approximate surface area is 302 Å². The fourth-order valence-corrected chi connectivity index (χ4v) is 5.88. The first-order valence-corrected chi connectivity index (χ1v) is 21.4. The van der Waals surface area contributed by atoms with Gasteiger partial charge in [0, 0.05) is 26.9 Å². The van der Waals surface area contributed by atoms with Gasteiger partial charge in [-0.2, -0.15) is 0 Å². The molecule has 0 saturated heterocycles. The van der Waals surface area contributed by atoms with Gasteiger partial charge in [0.25, 0.3) is 0 Å². The molecule has 0 bridgehead atoms. The molecule has 0 amide bonds. The molecule has 0 spiro atoms. The molecule has 0 unspecified atom stereocenters. The number of hydrogen-bond acceptors (Lipinski definition) is 12. The third-order valence-corrected chi connectivity index (χ3v) is 10.5. The number of thioether (sulfide) groups is 1. The van der Waals surface area contributed by atoms with Crippen LogP contribution in [0.15, 0.2) is 58.3 Å². The molecule has 0 aliphatic rings. The van der Waals surface area contributed by atoms with Gasteiger partial charge in [-0.15, -0.1) is 11.8 Å². The summed E-state index contributed by atoms with van der Waals surface area (Å²) in [5.41, 5.74) is 0.832. The van der Waals surface area contributed by atoms with Gasteiger partial charge in [-0.1, -0.05) is 26.0 Å². The third-order valence-electron chi connectivity index (χ3n) is 7.76. The van der Waals surface area contributed by atoms with Gasteiger partial charge in [-0.05, 0) is 97.3 Å². The maximum absolute atomic E-state index is 12.7. The van der Waals surface area contributed by atoms with Gasteiger partial charge in [-0.25, -0.2) is 16.8 Å². The number of Topliss-reactive ketones (excluding diaryl/α,β-unsaturated/α-hetero) is 2. The summed E-state index contributed by atoms with van der Waals surface area (Å²) in [5.74, 6) is 0.434. The van der Waals surface area contributed by atoms with Crippen molar-refractivity contribution in [3.05, 3.63) is 59.7 Å². The van der Waals surface area contributed by atoms with E-state index in [0.717, 1.165) is 51.5 Å². The summed E-state index contributed by atoms with van der Waals surface area (Å²) >= 11 is 1.69. The summed E-state index contributed by atoms with van der Waals surface area (Å²) in [4.78, 5) is 31.3. The Morgan fingerprint density at radius 2 is 1.10 bits per heavy atom. The molecular weight excluding hydrogens is 713 g/mol. The minimum Gasteiger partial charge on any atom is -0.726 e. The van der Waals surface area contributed by atoms with Gasteiger partial charge in [0.2, 0.25) is 26.6 Å². The molecule has 49 heavy (non-hydrogen) atoms. The molecule has 1 N–H and O–H groups in total. The lowest BCUT2D eigenvalue weighted by Gasteiger charge is -2.35. The zero-order chi connectivity index (χ0) is 38.8. The highest BCUT2D eigenvalue weighted by atomic mass is 32.3. The lowest BCUT2D eigenvalue weighted by Crippen LogP contribution is -3.20. The first-order chi connectivity index (χ1) is 22.4. The molecular formula is C33H56N2O10S4. The second kappa shape index (κ2) is 22.9. The molecule has 0 saturated carbocycles. The van der Waals surface area contributed by atoms with E-state index in [1.54, 1.807) is 11.8 Å². The quantitative estimate of drug-likeness (QED) is 0.0972. The van der Waals surface area contributed by atoms with Gasteiger partial charge in [0.05, 0.1) is 32.8 Å². The van der Waals surface area contributed by atoms with Crippen molar-refractivity contribution in [2.24, 2.45) is 0 Å². The average Bonchev–Trinajstić information content (AvgIpc) is 3.05. The van der Waals surface area contributed by atoms with Crippen LogP contribution in [0.3, 0.4) is 0 Å². The number of benzene rings is 2. The van der Waals surface area contributed by atoms with E-state index in [1.165, 1.54) is 14.7 Å². The molecule has 0 aliphatic heterocycles. The predicted molar refractivity (Wildman–Crippen MR) is 197 cm³/mol. The number of rotatable bonds is 14. The monoisotopic (exact) mass is 768 g/mol. The fourth-order valence-electron chi connectivity index (χ4n) is 4.79. The van der Waals surface area contributed by atoms with Gasteiger partial charge in [0.1, 0.15) is 12.5 Å². The molecule has 2 rings (SSSR count). The van der Waals surface area contributed by atoms with Crippen molar-refractivity contribution < 1.29 is 48.8 Å². The molecule has 0 atom stereocenters. The van der Waals surface area contributed by atoms with E-state index in [2.05, 4.69) is 79.5 Å². The van der Waals surface area contributed by atoms with Crippen molar-refractivity contribution in [3.63, 3.8) is 0 Å². The second-order valence-electron chi connectivity index (χ2n) is 11.5. The van der Waals surface area contributed by atoms with E-state index in [4.69, 9.17) is 0 Å². The summed E-state index contributed by atoms with van der Waals surface area (Å²) < 4.78 is 62.0. The molecule has 16 heteroatoms. The maximum atomic E-state index is 12.7. The van der Waals surface area contributed by atoms with Crippen LogP contribution < -0.4 is 4.90 Å². The molecule has 2 aromatic carbocycles. The van der Waals surface area contributed by atoms with Crippen LogP contribution in [0.25, 0.3) is 0 Å². The van der Waals surface area contributed by atoms with Crippen molar-refractivity contribution >= 4 is 55.0 Å². The first kappa shape index (κ1) is 49.3. The zero-order valence-electron chi connectivity index (χ0n) is 31.1. The highest BCUT2D eigenvalue weighted by molar-refractivity contribution is 7.98. The topological polar surface area (TPSA) is 175 Å². The molecule has 0 fully saturated rings. The smallest absolute Gasteiger partial charge is 0.222 e. The minimum atomic E-state index is -4.41. The first-order valence-electron chi connectivity index (χ1n) is 15.5. The van der Waals surface area contributed by atoms with Crippen molar-refractivity contribution in [1.29, 1.82) is 0 Å². The zero-order valence-corrected chi connectivity index (χ0v) is 34.4. The molecule has 12 nitrogen and oxygen atoms in total. The van der Waals surface area contributed by atoms with Gasteiger partial charge in [-0.3, -0.25) is 22.9 Å². The summed E-state index contributed by atoms with van der Waals surface area (Å²) in [6, 6.07) is 16.0. The molecule has 0 aliphatic carbocycles. The number of quaternary nitrogens is 1. The van der Waals surface area contributed by atoms with Crippen LogP contribution in [0.2, 0.25) is 0 Å². The number of ketones is 2. The summed E-state index contributed by atoms with van der Waals surface area (Å²) in [6.07, 6.45) is 6.43. The number of nitrogens with one attached hydrogen (secondary N) is 1. The Hall–Kier alpha value is -1.86. The molecule has 282 valence electrons. The standard InChI is InChI=1S/C16H26NOS.C15H23NOS.2CH4O4S/c1-7-17(8-2)16(3,4)15(18)13-9-11-14(12-10-13)19(5)6;1-6-16(7-2)15(3,4)14(17)12-8-10-13(18-5)11-9-12;2*1-5-6(2,3)4/h9-12H,7-8H2,1-6H3;8-11H,6-7H2,1-5H3;2*1H3,(H,2,3,4)/q+1;;;/p-1. The van der Waals surface area contributed by atoms with E-state index in [0.29, 0.717) is 0 Å². The molecule has 0 aromatic heterocycles. The van der Waals surface area contributed by atoms with Gasteiger partial charge >= 0.3 is 0 Å². The van der Waals surface area contributed by atoms with Crippen LogP contribution in [0.4, 0.5) is 0 Å². The van der Waals surface area contributed by atoms with Crippen molar-refractivity contribution in [3.8, 4) is 0 Å². The van der Waals surface area contributed by atoms with Crippen LogP contribution in [-0.2, 0) is 40.1 Å². The maximum Gasteiger partial charge on any atom is 0.222 e. The number of likely N-dealkylation sites (N-methyl/N-ethyl adjacent to an activating group) is 2. The number of carbonyl (C=O) groups is 2. The molecule has 0 heterocycles. The Kier molecular flexibility index (Phi) is 23.0. The SMILES string of the molecule is CCN(CC)C(C)(C)C(=O)c1ccc(SC)cc1.CC[NH+](CC)C(C)(C)C(=O)c1ccc([S+](C)C)cc1.COS(=O)(=O)[O-].COS(=O)(=O)[O-]. The highest BCUT2D eigenvalue weighted by Crippen LogP contribution is 2.22. The Balaban J connectivity index is 0. The number of carbonyl (C=O) groups excluding carboxylic acids is 2. The largest absolute Gasteiger partial charge is 0.726 e. The van der Waals surface area contributed by atoms with E-state index in [9.17, 15) is 35.5 Å². The van der Waals surface area contributed by atoms with Gasteiger partial charge < -0.3 is 14.0 Å². The third kappa shape index (κ3) is 18.3. The average molecular weight is 769 g/mol. The van der Waals surface area contributed by atoms with Crippen LogP contribution in [0.5, 0.6) is 0 Å².